The van der Waals surface area contributed by atoms with Crippen LogP contribution < -0.4 is 5.32 Å². The first-order valence-corrected chi connectivity index (χ1v) is 8.04. The fourth-order valence-corrected chi connectivity index (χ4v) is 3.04. The van der Waals surface area contributed by atoms with E-state index >= 15 is 0 Å². The van der Waals surface area contributed by atoms with E-state index in [-0.39, 0.29) is 0 Å². The van der Waals surface area contributed by atoms with Crippen molar-refractivity contribution in [2.24, 2.45) is 0 Å². The van der Waals surface area contributed by atoms with Crippen LogP contribution >= 0.6 is 11.3 Å². The van der Waals surface area contributed by atoms with Gasteiger partial charge in [0.15, 0.2) is 0 Å². The van der Waals surface area contributed by atoms with Crippen molar-refractivity contribution < 1.29 is 4.42 Å². The van der Waals surface area contributed by atoms with Crippen LogP contribution in [0.2, 0.25) is 0 Å². The molecule has 2 aromatic heterocycles. The fraction of sp³-hybridized carbons (Fsp3) is 0.500. The van der Waals surface area contributed by atoms with E-state index in [9.17, 15) is 0 Å². The zero-order chi connectivity index (χ0) is 14.4. The molecule has 0 bridgehead atoms. The number of nitrogens with zero attached hydrogens (tertiary/aromatic N) is 1. The van der Waals surface area contributed by atoms with Crippen molar-refractivity contribution in [1.29, 1.82) is 0 Å². The summed E-state index contributed by atoms with van der Waals surface area (Å²) in [5.41, 5.74) is 0. The van der Waals surface area contributed by atoms with Crippen LogP contribution in [0.1, 0.15) is 36.3 Å². The van der Waals surface area contributed by atoms with Gasteiger partial charge in [0.25, 0.3) is 0 Å². The molecule has 0 unspecified atom stereocenters. The maximum atomic E-state index is 5.43. The lowest BCUT2D eigenvalue weighted by atomic mass is 10.3. The van der Waals surface area contributed by atoms with E-state index in [4.69, 9.17) is 4.42 Å². The van der Waals surface area contributed by atoms with Crippen LogP contribution in [0.25, 0.3) is 0 Å². The van der Waals surface area contributed by atoms with Crippen LogP contribution in [0.4, 0.5) is 0 Å². The van der Waals surface area contributed by atoms with Gasteiger partial charge < -0.3 is 9.73 Å². The van der Waals surface area contributed by atoms with Crippen molar-refractivity contribution >= 4 is 11.3 Å². The van der Waals surface area contributed by atoms with Crippen LogP contribution in [0.5, 0.6) is 0 Å². The third kappa shape index (κ3) is 4.78. The standard InChI is InChI=1S/C16H24N2OS/c1-4-18(11-14-6-5-9-19-14)12-16-8-7-15(20-16)10-17-13(2)3/h5-9,13,17H,4,10-12H2,1-3H3. The number of furan rings is 1. The van der Waals surface area contributed by atoms with Gasteiger partial charge in [0.2, 0.25) is 0 Å². The highest BCUT2D eigenvalue weighted by molar-refractivity contribution is 7.11. The predicted octanol–water partition coefficient (Wildman–Crippen LogP) is 3.86. The molecule has 2 aromatic rings. The second kappa shape index (κ2) is 7.62. The van der Waals surface area contributed by atoms with Gasteiger partial charge in [-0.15, -0.1) is 11.3 Å². The highest BCUT2D eigenvalue weighted by atomic mass is 32.1. The Balaban J connectivity index is 1.87. The van der Waals surface area contributed by atoms with Crippen molar-refractivity contribution in [2.45, 2.75) is 46.4 Å². The Morgan fingerprint density at radius 2 is 2.00 bits per heavy atom. The largest absolute Gasteiger partial charge is 0.468 e. The van der Waals surface area contributed by atoms with E-state index in [2.05, 4.69) is 43.1 Å². The molecule has 0 fully saturated rings. The molecule has 0 aliphatic heterocycles. The lowest BCUT2D eigenvalue weighted by Crippen LogP contribution is -2.21. The predicted molar refractivity (Wildman–Crippen MR) is 84.8 cm³/mol. The zero-order valence-electron chi connectivity index (χ0n) is 12.6. The summed E-state index contributed by atoms with van der Waals surface area (Å²) in [4.78, 5) is 5.21. The van der Waals surface area contributed by atoms with Gasteiger partial charge in [-0.25, -0.2) is 0 Å². The number of hydrogen-bond donors (Lipinski definition) is 1. The summed E-state index contributed by atoms with van der Waals surface area (Å²) >= 11 is 1.90. The van der Waals surface area contributed by atoms with Gasteiger partial charge in [-0.1, -0.05) is 20.8 Å². The SMILES string of the molecule is CCN(Cc1ccco1)Cc1ccc(CNC(C)C)s1. The summed E-state index contributed by atoms with van der Waals surface area (Å²) in [6.45, 7) is 10.4. The molecule has 0 aliphatic carbocycles. The summed E-state index contributed by atoms with van der Waals surface area (Å²) in [5, 5.41) is 3.46. The highest BCUT2D eigenvalue weighted by Crippen LogP contribution is 2.19. The van der Waals surface area contributed by atoms with Gasteiger partial charge in [-0.3, -0.25) is 4.90 Å². The third-order valence-electron chi connectivity index (χ3n) is 3.19. The number of hydrogen-bond acceptors (Lipinski definition) is 4. The first kappa shape index (κ1) is 15.3. The van der Waals surface area contributed by atoms with E-state index in [1.807, 2.05) is 23.5 Å². The molecule has 0 amide bonds. The molecule has 20 heavy (non-hydrogen) atoms. The normalized spacial score (nSPS) is 11.7. The van der Waals surface area contributed by atoms with Crippen molar-refractivity contribution in [2.75, 3.05) is 6.54 Å². The minimum Gasteiger partial charge on any atom is -0.468 e. The summed E-state index contributed by atoms with van der Waals surface area (Å²) in [6, 6.07) is 8.99. The lowest BCUT2D eigenvalue weighted by Gasteiger charge is -2.17. The molecule has 0 saturated carbocycles. The minimum absolute atomic E-state index is 0.534. The molecule has 0 radical (unpaired) electrons. The lowest BCUT2D eigenvalue weighted by molar-refractivity contribution is 0.250. The smallest absolute Gasteiger partial charge is 0.117 e. The Labute approximate surface area is 125 Å². The monoisotopic (exact) mass is 292 g/mol. The molecule has 0 aliphatic rings. The van der Waals surface area contributed by atoms with E-state index in [0.717, 1.165) is 31.9 Å². The number of rotatable bonds is 8. The molecule has 1 N–H and O–H groups in total. The van der Waals surface area contributed by atoms with E-state index < -0.39 is 0 Å². The second-order valence-corrected chi connectivity index (χ2v) is 6.54. The van der Waals surface area contributed by atoms with E-state index in [0.29, 0.717) is 6.04 Å². The molecule has 0 atom stereocenters. The van der Waals surface area contributed by atoms with Gasteiger partial charge >= 0.3 is 0 Å². The molecular formula is C16H24N2OS. The Kier molecular flexibility index (Phi) is 5.83. The molecule has 0 saturated heterocycles. The van der Waals surface area contributed by atoms with E-state index in [1.54, 1.807) is 6.26 Å². The molecule has 110 valence electrons. The Bertz CT molecular complexity index is 490. The molecule has 0 aromatic carbocycles. The van der Waals surface area contributed by atoms with Crippen LogP contribution in [-0.4, -0.2) is 17.5 Å². The highest BCUT2D eigenvalue weighted by Gasteiger charge is 2.09. The maximum absolute atomic E-state index is 5.43. The van der Waals surface area contributed by atoms with Gasteiger partial charge in [-0.05, 0) is 30.8 Å². The second-order valence-electron chi connectivity index (χ2n) is 5.29. The third-order valence-corrected chi connectivity index (χ3v) is 4.26. The van der Waals surface area contributed by atoms with Crippen LogP contribution in [0.3, 0.4) is 0 Å². The van der Waals surface area contributed by atoms with Gasteiger partial charge in [-0.2, -0.15) is 0 Å². The molecule has 2 heterocycles. The average Bonchev–Trinajstić information content (AvgIpc) is 3.07. The molecule has 0 spiro atoms. The topological polar surface area (TPSA) is 28.4 Å². The zero-order valence-corrected chi connectivity index (χ0v) is 13.4. The van der Waals surface area contributed by atoms with E-state index in [1.165, 1.54) is 9.75 Å². The van der Waals surface area contributed by atoms with Gasteiger partial charge in [0, 0.05) is 28.9 Å². The first-order chi connectivity index (χ1) is 9.67. The fourth-order valence-electron chi connectivity index (χ4n) is 2.03. The Morgan fingerprint density at radius 3 is 2.65 bits per heavy atom. The molecule has 3 nitrogen and oxygen atoms in total. The Morgan fingerprint density at radius 1 is 1.20 bits per heavy atom. The maximum Gasteiger partial charge on any atom is 0.117 e. The van der Waals surface area contributed by atoms with Crippen LogP contribution in [0.15, 0.2) is 34.9 Å². The van der Waals surface area contributed by atoms with Crippen LogP contribution in [0, 0.1) is 0 Å². The Hall–Kier alpha value is -1.10. The van der Waals surface area contributed by atoms with Crippen molar-refractivity contribution in [3.8, 4) is 0 Å². The molecule has 2 rings (SSSR count). The van der Waals surface area contributed by atoms with Crippen molar-refractivity contribution in [3.05, 3.63) is 46.0 Å². The summed E-state index contributed by atoms with van der Waals surface area (Å²) in [7, 11) is 0. The quantitative estimate of drug-likeness (QED) is 0.801. The number of thiophene rings is 1. The minimum atomic E-state index is 0.534. The number of nitrogens with one attached hydrogen (secondary N) is 1. The van der Waals surface area contributed by atoms with Crippen molar-refractivity contribution in [3.63, 3.8) is 0 Å². The summed E-state index contributed by atoms with van der Waals surface area (Å²) in [5.74, 6) is 1.03. The molecular weight excluding hydrogens is 268 g/mol. The first-order valence-electron chi connectivity index (χ1n) is 7.23. The van der Waals surface area contributed by atoms with Gasteiger partial charge in [0.05, 0.1) is 12.8 Å². The average molecular weight is 292 g/mol. The summed E-state index contributed by atoms with van der Waals surface area (Å²) in [6.07, 6.45) is 1.74. The molecule has 4 heteroatoms. The van der Waals surface area contributed by atoms with Gasteiger partial charge in [0.1, 0.15) is 5.76 Å². The van der Waals surface area contributed by atoms with Crippen molar-refractivity contribution in [1.82, 2.24) is 10.2 Å². The summed E-state index contributed by atoms with van der Waals surface area (Å²) < 4.78 is 5.43. The van der Waals surface area contributed by atoms with Crippen LogP contribution in [-0.2, 0) is 19.6 Å².